The number of thiophene rings is 1. The summed E-state index contributed by atoms with van der Waals surface area (Å²) >= 11 is 1.28. The average molecular weight is 389 g/mol. The first-order chi connectivity index (χ1) is 12.6. The fourth-order valence-electron chi connectivity index (χ4n) is 3.70. The number of benzene rings is 1. The predicted molar refractivity (Wildman–Crippen MR) is 112 cm³/mol. The molecule has 0 atom stereocenters. The van der Waals surface area contributed by atoms with Crippen molar-refractivity contribution in [2.24, 2.45) is 5.41 Å². The molecule has 1 N–H and O–H groups in total. The van der Waals surface area contributed by atoms with Crippen molar-refractivity contribution < 1.29 is 9.18 Å². The van der Waals surface area contributed by atoms with Gasteiger partial charge in [-0.25, -0.2) is 0 Å². The Morgan fingerprint density at radius 3 is 2.52 bits per heavy atom. The predicted octanol–water partition coefficient (Wildman–Crippen LogP) is 5.83. The van der Waals surface area contributed by atoms with Gasteiger partial charge in [-0.3, -0.25) is 4.79 Å². The maximum atomic E-state index is 13.6. The van der Waals surface area contributed by atoms with Gasteiger partial charge in [0.1, 0.15) is 0 Å². The normalized spacial score (nSPS) is 14.7. The van der Waals surface area contributed by atoms with Crippen molar-refractivity contribution in [2.45, 2.75) is 60.4 Å². The number of hydrogen-bond donors (Lipinski definition) is 1. The number of anilines is 2. The number of halogens is 1. The van der Waals surface area contributed by atoms with E-state index in [2.05, 4.69) is 43.1 Å². The highest BCUT2D eigenvalue weighted by atomic mass is 32.1. The van der Waals surface area contributed by atoms with E-state index in [1.54, 1.807) is 6.07 Å². The SMILES string of the molecule is Cc1cc(N2CCCc3sc(F)cc3C2)cc(C)c1NC(=O)CC(C)(C)C. The van der Waals surface area contributed by atoms with Crippen LogP contribution in [0.25, 0.3) is 0 Å². The zero-order valence-electron chi connectivity index (χ0n) is 16.9. The number of aryl methyl sites for hydroxylation is 3. The van der Waals surface area contributed by atoms with Gasteiger partial charge in [-0.2, -0.15) is 4.39 Å². The molecule has 3 nitrogen and oxygen atoms in total. The molecular formula is C22H29FN2OS. The number of hydrogen-bond acceptors (Lipinski definition) is 3. The summed E-state index contributed by atoms with van der Waals surface area (Å²) < 4.78 is 13.6. The first-order valence-corrected chi connectivity index (χ1v) is 10.4. The smallest absolute Gasteiger partial charge is 0.224 e. The topological polar surface area (TPSA) is 32.3 Å². The van der Waals surface area contributed by atoms with E-state index in [9.17, 15) is 9.18 Å². The molecule has 0 unspecified atom stereocenters. The highest BCUT2D eigenvalue weighted by molar-refractivity contribution is 7.10. The monoisotopic (exact) mass is 388 g/mol. The van der Waals surface area contributed by atoms with Crippen LogP contribution in [0, 0.1) is 24.4 Å². The molecule has 27 heavy (non-hydrogen) atoms. The van der Waals surface area contributed by atoms with Crippen LogP contribution >= 0.6 is 11.3 Å². The second-order valence-electron chi connectivity index (χ2n) is 8.76. The maximum absolute atomic E-state index is 13.6. The summed E-state index contributed by atoms with van der Waals surface area (Å²) in [7, 11) is 0. The van der Waals surface area contributed by atoms with E-state index in [0.29, 0.717) is 6.42 Å². The molecule has 1 aromatic carbocycles. The van der Waals surface area contributed by atoms with Gasteiger partial charge >= 0.3 is 0 Å². The molecule has 2 heterocycles. The standard InChI is InChI=1S/C22H29FN2OS/c1-14-9-17(10-15(2)21(14)24-20(26)12-22(3,4)5)25-8-6-7-18-16(13-25)11-19(23)27-18/h9-11H,6-8,12-13H2,1-5H3,(H,24,26). The van der Waals surface area contributed by atoms with E-state index in [1.807, 2.05) is 13.8 Å². The van der Waals surface area contributed by atoms with Crippen LogP contribution in [0.4, 0.5) is 15.8 Å². The number of rotatable bonds is 3. The Morgan fingerprint density at radius 1 is 1.22 bits per heavy atom. The van der Waals surface area contributed by atoms with E-state index >= 15 is 0 Å². The minimum atomic E-state index is -0.0916. The molecule has 2 aromatic rings. The van der Waals surface area contributed by atoms with E-state index in [4.69, 9.17) is 0 Å². The third-order valence-electron chi connectivity index (χ3n) is 4.90. The molecule has 5 heteroatoms. The fourth-order valence-corrected chi connectivity index (χ4v) is 4.63. The van der Waals surface area contributed by atoms with Crippen molar-refractivity contribution in [3.63, 3.8) is 0 Å². The number of amides is 1. The lowest BCUT2D eigenvalue weighted by molar-refractivity contribution is -0.117. The highest BCUT2D eigenvalue weighted by Gasteiger charge is 2.20. The van der Waals surface area contributed by atoms with Crippen molar-refractivity contribution in [1.82, 2.24) is 0 Å². The Kier molecular flexibility index (Phi) is 5.61. The van der Waals surface area contributed by atoms with Crippen molar-refractivity contribution >= 4 is 28.6 Å². The minimum absolute atomic E-state index is 0.0363. The van der Waals surface area contributed by atoms with Gasteiger partial charge in [0.25, 0.3) is 0 Å². The van der Waals surface area contributed by atoms with Crippen LogP contribution in [0.15, 0.2) is 18.2 Å². The number of carbonyl (C=O) groups excluding carboxylic acids is 1. The molecular weight excluding hydrogens is 359 g/mol. The summed E-state index contributed by atoms with van der Waals surface area (Å²) in [6.45, 7) is 12.0. The molecule has 146 valence electrons. The van der Waals surface area contributed by atoms with Crippen LogP contribution < -0.4 is 10.2 Å². The molecule has 0 saturated carbocycles. The first-order valence-electron chi connectivity index (χ1n) is 9.55. The molecule has 1 aromatic heterocycles. The number of carbonyl (C=O) groups is 1. The molecule has 0 radical (unpaired) electrons. The first kappa shape index (κ1) is 19.9. The van der Waals surface area contributed by atoms with Gasteiger partial charge in [-0.15, -0.1) is 11.3 Å². The second kappa shape index (κ2) is 7.63. The Bertz CT molecular complexity index is 827. The quantitative estimate of drug-likeness (QED) is 0.717. The molecule has 0 spiro atoms. The van der Waals surface area contributed by atoms with Gasteiger partial charge in [-0.05, 0) is 67.0 Å². The molecule has 0 saturated heterocycles. The van der Waals surface area contributed by atoms with Crippen molar-refractivity contribution in [1.29, 1.82) is 0 Å². The lowest BCUT2D eigenvalue weighted by atomic mass is 9.92. The highest BCUT2D eigenvalue weighted by Crippen LogP contribution is 2.33. The van der Waals surface area contributed by atoms with Gasteiger partial charge in [0.15, 0.2) is 5.13 Å². The van der Waals surface area contributed by atoms with Gasteiger partial charge in [-0.1, -0.05) is 20.8 Å². The van der Waals surface area contributed by atoms with Crippen LogP contribution in [-0.4, -0.2) is 12.5 Å². The molecule has 1 aliphatic heterocycles. The van der Waals surface area contributed by atoms with Gasteiger partial charge < -0.3 is 10.2 Å². The zero-order chi connectivity index (χ0) is 19.8. The average Bonchev–Trinajstić information content (AvgIpc) is 2.76. The number of nitrogens with one attached hydrogen (secondary N) is 1. The molecule has 0 fully saturated rings. The fraction of sp³-hybridized carbons (Fsp3) is 0.500. The maximum Gasteiger partial charge on any atom is 0.224 e. The lowest BCUT2D eigenvalue weighted by Gasteiger charge is -2.25. The largest absolute Gasteiger partial charge is 0.367 e. The van der Waals surface area contributed by atoms with Crippen LogP contribution in [0.3, 0.4) is 0 Å². The summed E-state index contributed by atoms with van der Waals surface area (Å²) in [4.78, 5) is 15.8. The van der Waals surface area contributed by atoms with Gasteiger partial charge in [0, 0.05) is 35.8 Å². The van der Waals surface area contributed by atoms with Crippen molar-refractivity contribution in [2.75, 3.05) is 16.8 Å². The van der Waals surface area contributed by atoms with Gasteiger partial charge in [0.05, 0.1) is 0 Å². The van der Waals surface area contributed by atoms with Crippen LogP contribution in [0.2, 0.25) is 0 Å². The third-order valence-corrected chi connectivity index (χ3v) is 5.92. The molecule has 3 rings (SSSR count). The Balaban J connectivity index is 1.81. The summed E-state index contributed by atoms with van der Waals surface area (Å²) in [5.74, 6) is 0.0506. The number of fused-ring (bicyclic) bond motifs is 1. The summed E-state index contributed by atoms with van der Waals surface area (Å²) in [5, 5.41) is 3.00. The summed E-state index contributed by atoms with van der Waals surface area (Å²) in [6.07, 6.45) is 2.46. The second-order valence-corrected chi connectivity index (χ2v) is 9.85. The van der Waals surface area contributed by atoms with Crippen molar-refractivity contribution in [3.8, 4) is 0 Å². The van der Waals surface area contributed by atoms with E-state index < -0.39 is 0 Å². The molecule has 0 bridgehead atoms. The van der Waals surface area contributed by atoms with Gasteiger partial charge in [0.2, 0.25) is 5.91 Å². The number of nitrogens with zero attached hydrogens (tertiary/aromatic N) is 1. The minimum Gasteiger partial charge on any atom is -0.367 e. The Labute approximate surface area is 165 Å². The van der Waals surface area contributed by atoms with E-state index in [1.165, 1.54) is 16.2 Å². The summed E-state index contributed by atoms with van der Waals surface area (Å²) in [5.41, 5.74) is 5.24. The van der Waals surface area contributed by atoms with E-state index in [-0.39, 0.29) is 16.5 Å². The zero-order valence-corrected chi connectivity index (χ0v) is 17.7. The lowest BCUT2D eigenvalue weighted by Crippen LogP contribution is -2.23. The third kappa shape index (κ3) is 4.89. The van der Waals surface area contributed by atoms with E-state index in [0.717, 1.165) is 54.0 Å². The van der Waals surface area contributed by atoms with Crippen LogP contribution in [0.5, 0.6) is 0 Å². The van der Waals surface area contributed by atoms with Crippen molar-refractivity contribution in [3.05, 3.63) is 44.9 Å². The van der Waals surface area contributed by atoms with Crippen LogP contribution in [-0.2, 0) is 17.8 Å². The Morgan fingerprint density at radius 2 is 1.89 bits per heavy atom. The molecule has 0 aliphatic carbocycles. The Hall–Kier alpha value is -1.88. The van der Waals surface area contributed by atoms with Crippen LogP contribution in [0.1, 0.15) is 55.2 Å². The molecule has 1 aliphatic rings. The summed E-state index contributed by atoms with van der Waals surface area (Å²) in [6, 6.07) is 5.94. The molecule has 1 amide bonds.